The highest BCUT2D eigenvalue weighted by Crippen LogP contribution is 2.36. The molecule has 1 atom stereocenters. The smallest absolute Gasteiger partial charge is 0.317 e. The van der Waals surface area contributed by atoms with E-state index in [1.165, 1.54) is 0 Å². The first-order valence-corrected chi connectivity index (χ1v) is 6.60. The number of ketones is 1. The summed E-state index contributed by atoms with van der Waals surface area (Å²) in [6, 6.07) is 9.23. The van der Waals surface area contributed by atoms with Gasteiger partial charge in [-0.25, -0.2) is 0 Å². The van der Waals surface area contributed by atoms with Crippen molar-refractivity contribution in [1.29, 1.82) is 0 Å². The molecule has 4 nitrogen and oxygen atoms in total. The van der Waals surface area contributed by atoms with E-state index in [4.69, 9.17) is 4.74 Å². The number of carboxylic acids is 1. The van der Waals surface area contributed by atoms with E-state index >= 15 is 0 Å². The molecule has 0 aliphatic heterocycles. The Labute approximate surface area is 112 Å². The summed E-state index contributed by atoms with van der Waals surface area (Å²) in [7, 11) is 0. The van der Waals surface area contributed by atoms with Gasteiger partial charge in [-0.05, 0) is 25.0 Å². The van der Waals surface area contributed by atoms with Crippen LogP contribution in [0.3, 0.4) is 0 Å². The molecule has 0 aromatic heterocycles. The zero-order valence-electron chi connectivity index (χ0n) is 10.8. The molecule has 102 valence electrons. The Kier molecular flexibility index (Phi) is 4.20. The van der Waals surface area contributed by atoms with Crippen molar-refractivity contribution in [3.8, 4) is 5.75 Å². The van der Waals surface area contributed by atoms with Gasteiger partial charge in [0.05, 0.1) is 6.61 Å². The summed E-state index contributed by atoms with van der Waals surface area (Å²) >= 11 is 0. The van der Waals surface area contributed by atoms with E-state index in [1.807, 2.05) is 30.3 Å². The first-order valence-electron chi connectivity index (χ1n) is 6.60. The molecule has 1 fully saturated rings. The summed E-state index contributed by atoms with van der Waals surface area (Å²) in [4.78, 5) is 23.4. The molecule has 0 bridgehead atoms. The van der Waals surface area contributed by atoms with E-state index in [-0.39, 0.29) is 18.8 Å². The van der Waals surface area contributed by atoms with Crippen LogP contribution in [0.1, 0.15) is 32.1 Å². The zero-order valence-corrected chi connectivity index (χ0v) is 10.8. The molecular weight excluding hydrogens is 244 g/mol. The fraction of sp³-hybridized carbons (Fsp3) is 0.467. The topological polar surface area (TPSA) is 63.6 Å². The molecule has 2 rings (SSSR count). The van der Waals surface area contributed by atoms with Gasteiger partial charge in [0, 0.05) is 12.8 Å². The first-order chi connectivity index (χ1) is 9.15. The Hall–Kier alpha value is -1.84. The minimum atomic E-state index is -1.23. The lowest BCUT2D eigenvalue weighted by Gasteiger charge is -2.31. The van der Waals surface area contributed by atoms with Gasteiger partial charge >= 0.3 is 5.97 Å². The molecule has 0 saturated heterocycles. The van der Waals surface area contributed by atoms with Crippen LogP contribution in [0.15, 0.2) is 30.3 Å². The molecule has 0 amide bonds. The van der Waals surface area contributed by atoms with Crippen LogP contribution >= 0.6 is 0 Å². The van der Waals surface area contributed by atoms with Crippen molar-refractivity contribution in [3.05, 3.63) is 30.3 Å². The SMILES string of the molecule is O=C(O)C1(CCOc2ccccc2)CCCCC1=O. The van der Waals surface area contributed by atoms with Crippen molar-refractivity contribution in [1.82, 2.24) is 0 Å². The Bertz CT molecular complexity index is 454. The van der Waals surface area contributed by atoms with Crippen LogP contribution in [-0.4, -0.2) is 23.5 Å². The summed E-state index contributed by atoms with van der Waals surface area (Å²) in [5.74, 6) is -0.455. The monoisotopic (exact) mass is 262 g/mol. The van der Waals surface area contributed by atoms with Crippen LogP contribution in [0.25, 0.3) is 0 Å². The van der Waals surface area contributed by atoms with Crippen LogP contribution in [0.5, 0.6) is 5.75 Å². The van der Waals surface area contributed by atoms with E-state index in [9.17, 15) is 14.7 Å². The first kappa shape index (κ1) is 13.6. The number of hydrogen-bond acceptors (Lipinski definition) is 3. The second-order valence-corrected chi connectivity index (χ2v) is 4.93. The fourth-order valence-electron chi connectivity index (χ4n) is 2.55. The molecule has 0 spiro atoms. The fourth-order valence-corrected chi connectivity index (χ4v) is 2.55. The number of carbonyl (C=O) groups excluding carboxylic acids is 1. The van der Waals surface area contributed by atoms with E-state index < -0.39 is 11.4 Å². The number of carboxylic acid groups (broad SMARTS) is 1. The van der Waals surface area contributed by atoms with Crippen LogP contribution in [0.4, 0.5) is 0 Å². The maximum absolute atomic E-state index is 12.0. The Balaban J connectivity index is 1.98. The van der Waals surface area contributed by atoms with Gasteiger partial charge in [0.1, 0.15) is 16.9 Å². The van der Waals surface area contributed by atoms with Gasteiger partial charge in [-0.3, -0.25) is 9.59 Å². The average Bonchev–Trinajstić information content (AvgIpc) is 2.42. The number of para-hydroxylation sites is 1. The number of hydrogen-bond donors (Lipinski definition) is 1. The molecular formula is C15H18O4. The predicted molar refractivity (Wildman–Crippen MR) is 70.1 cm³/mol. The number of Topliss-reactive ketones (excluding diaryl/α,β-unsaturated/α-hetero) is 1. The Morgan fingerprint density at radius 1 is 1.26 bits per heavy atom. The number of rotatable bonds is 5. The molecule has 1 unspecified atom stereocenters. The van der Waals surface area contributed by atoms with Crippen molar-refractivity contribution in [3.63, 3.8) is 0 Å². The van der Waals surface area contributed by atoms with Gasteiger partial charge in [0.25, 0.3) is 0 Å². The zero-order chi connectivity index (χ0) is 13.7. The van der Waals surface area contributed by atoms with Gasteiger partial charge in [-0.1, -0.05) is 24.6 Å². The minimum Gasteiger partial charge on any atom is -0.494 e. The maximum atomic E-state index is 12.0. The van der Waals surface area contributed by atoms with Gasteiger partial charge in [0.2, 0.25) is 0 Å². The summed E-state index contributed by atoms with van der Waals surface area (Å²) in [6.07, 6.45) is 2.64. The van der Waals surface area contributed by atoms with Gasteiger partial charge in [-0.2, -0.15) is 0 Å². The summed E-state index contributed by atoms with van der Waals surface area (Å²) in [5.41, 5.74) is -1.23. The van der Waals surface area contributed by atoms with Crippen LogP contribution in [0, 0.1) is 5.41 Å². The minimum absolute atomic E-state index is 0.150. The lowest BCUT2D eigenvalue weighted by atomic mass is 9.71. The van der Waals surface area contributed by atoms with Gasteiger partial charge in [0.15, 0.2) is 0 Å². The molecule has 1 saturated carbocycles. The third-order valence-corrected chi connectivity index (χ3v) is 3.74. The van der Waals surface area contributed by atoms with Crippen LogP contribution in [0.2, 0.25) is 0 Å². The van der Waals surface area contributed by atoms with Crippen LogP contribution in [-0.2, 0) is 9.59 Å². The Morgan fingerprint density at radius 2 is 2.00 bits per heavy atom. The molecule has 1 aliphatic carbocycles. The van der Waals surface area contributed by atoms with Crippen molar-refractivity contribution in [2.75, 3.05) is 6.61 Å². The number of aliphatic carboxylic acids is 1. The normalized spacial score (nSPS) is 23.1. The molecule has 1 aromatic carbocycles. The number of ether oxygens (including phenoxy) is 1. The highest BCUT2D eigenvalue weighted by molar-refractivity contribution is 6.03. The highest BCUT2D eigenvalue weighted by Gasteiger charge is 2.46. The van der Waals surface area contributed by atoms with E-state index in [0.29, 0.717) is 18.6 Å². The van der Waals surface area contributed by atoms with E-state index in [0.717, 1.165) is 12.8 Å². The maximum Gasteiger partial charge on any atom is 0.317 e. The highest BCUT2D eigenvalue weighted by atomic mass is 16.5. The van der Waals surface area contributed by atoms with Crippen molar-refractivity contribution < 1.29 is 19.4 Å². The molecule has 0 heterocycles. The van der Waals surface area contributed by atoms with Crippen molar-refractivity contribution in [2.45, 2.75) is 32.1 Å². The van der Waals surface area contributed by atoms with Crippen molar-refractivity contribution in [2.24, 2.45) is 5.41 Å². The summed E-state index contributed by atoms with van der Waals surface area (Å²) in [5, 5.41) is 9.38. The molecule has 1 N–H and O–H groups in total. The standard InChI is InChI=1S/C15H18O4/c16-13-8-4-5-9-15(13,14(17)18)10-11-19-12-6-2-1-3-7-12/h1-3,6-7H,4-5,8-11H2,(H,17,18). The molecule has 1 aromatic rings. The number of benzene rings is 1. The molecule has 4 heteroatoms. The average molecular weight is 262 g/mol. The summed E-state index contributed by atoms with van der Waals surface area (Å²) < 4.78 is 5.52. The summed E-state index contributed by atoms with van der Waals surface area (Å²) in [6.45, 7) is 0.252. The molecule has 0 radical (unpaired) electrons. The third kappa shape index (κ3) is 2.95. The van der Waals surface area contributed by atoms with E-state index in [1.54, 1.807) is 0 Å². The Morgan fingerprint density at radius 3 is 2.63 bits per heavy atom. The molecule has 19 heavy (non-hydrogen) atoms. The van der Waals surface area contributed by atoms with Crippen molar-refractivity contribution >= 4 is 11.8 Å². The number of carbonyl (C=O) groups is 2. The lowest BCUT2D eigenvalue weighted by molar-refractivity contribution is -0.158. The van der Waals surface area contributed by atoms with Crippen LogP contribution < -0.4 is 4.74 Å². The lowest BCUT2D eigenvalue weighted by Crippen LogP contribution is -2.42. The quantitative estimate of drug-likeness (QED) is 0.829. The predicted octanol–water partition coefficient (Wildman–Crippen LogP) is 2.67. The second kappa shape index (κ2) is 5.87. The van der Waals surface area contributed by atoms with Gasteiger partial charge < -0.3 is 9.84 Å². The largest absolute Gasteiger partial charge is 0.494 e. The second-order valence-electron chi connectivity index (χ2n) is 4.93. The van der Waals surface area contributed by atoms with E-state index in [2.05, 4.69) is 0 Å². The molecule has 1 aliphatic rings. The van der Waals surface area contributed by atoms with Gasteiger partial charge in [-0.15, -0.1) is 0 Å². The third-order valence-electron chi connectivity index (χ3n) is 3.74.